The van der Waals surface area contributed by atoms with Gasteiger partial charge in [-0.05, 0) is 19.8 Å². The van der Waals surface area contributed by atoms with E-state index in [0.717, 1.165) is 6.42 Å². The first kappa shape index (κ1) is 9.55. The predicted octanol–water partition coefficient (Wildman–Crippen LogP) is -0.854. The highest BCUT2D eigenvalue weighted by molar-refractivity contribution is 5.80. The van der Waals surface area contributed by atoms with Gasteiger partial charge < -0.3 is 5.73 Å². The highest BCUT2D eigenvalue weighted by atomic mass is 16.1. The molecule has 0 aromatic carbocycles. The first-order chi connectivity index (χ1) is 4.68. The maximum absolute atomic E-state index is 10.6. The molecule has 0 fully saturated rings. The van der Waals surface area contributed by atoms with Crippen LogP contribution in [0.25, 0.3) is 0 Å². The second kappa shape index (κ2) is 5.34. The molecule has 0 heterocycles. The summed E-state index contributed by atoms with van der Waals surface area (Å²) >= 11 is 0. The van der Waals surface area contributed by atoms with E-state index >= 15 is 0 Å². The van der Waals surface area contributed by atoms with Crippen molar-refractivity contribution < 1.29 is 4.79 Å². The fourth-order valence-electron chi connectivity index (χ4n) is 0.627. The van der Waals surface area contributed by atoms with Crippen LogP contribution in [0, 0.1) is 0 Å². The molecule has 0 aliphatic rings. The lowest BCUT2D eigenvalue weighted by Gasteiger charge is -2.05. The van der Waals surface area contributed by atoms with Crippen molar-refractivity contribution >= 4 is 5.78 Å². The van der Waals surface area contributed by atoms with E-state index in [1.807, 2.05) is 0 Å². The molecule has 0 saturated carbocycles. The SMILES string of the molecule is CC(=O)[C@H](N)CCCNN. The number of nitrogens with two attached hydrogens (primary N) is 2. The smallest absolute Gasteiger partial charge is 0.146 e. The third-order valence-corrected chi connectivity index (χ3v) is 1.36. The summed E-state index contributed by atoms with van der Waals surface area (Å²) in [4.78, 5) is 10.6. The van der Waals surface area contributed by atoms with E-state index in [4.69, 9.17) is 11.6 Å². The van der Waals surface area contributed by atoms with E-state index in [1.54, 1.807) is 0 Å². The lowest BCUT2D eigenvalue weighted by Crippen LogP contribution is -2.30. The normalized spacial score (nSPS) is 13.1. The number of hydrogen-bond donors (Lipinski definition) is 3. The lowest BCUT2D eigenvalue weighted by atomic mass is 10.1. The average Bonchev–Trinajstić information content (AvgIpc) is 1.88. The van der Waals surface area contributed by atoms with Crippen molar-refractivity contribution in [1.82, 2.24) is 5.43 Å². The topological polar surface area (TPSA) is 81.1 Å². The van der Waals surface area contributed by atoms with Crippen LogP contribution in [0.15, 0.2) is 0 Å². The summed E-state index contributed by atoms with van der Waals surface area (Å²) in [6, 6.07) is -0.312. The Morgan fingerprint density at radius 3 is 2.70 bits per heavy atom. The van der Waals surface area contributed by atoms with Gasteiger partial charge in [-0.3, -0.25) is 16.1 Å². The number of carbonyl (C=O) groups excluding carboxylic acids is 1. The van der Waals surface area contributed by atoms with Crippen LogP contribution >= 0.6 is 0 Å². The maximum Gasteiger partial charge on any atom is 0.146 e. The molecule has 5 N–H and O–H groups in total. The average molecular weight is 145 g/mol. The van der Waals surface area contributed by atoms with Gasteiger partial charge in [-0.15, -0.1) is 0 Å². The molecular formula is C6H15N3O. The Kier molecular flexibility index (Phi) is 5.10. The van der Waals surface area contributed by atoms with Crippen molar-refractivity contribution in [2.24, 2.45) is 11.6 Å². The Morgan fingerprint density at radius 1 is 1.70 bits per heavy atom. The van der Waals surface area contributed by atoms with Crippen LogP contribution in [0.5, 0.6) is 0 Å². The number of ketones is 1. The quantitative estimate of drug-likeness (QED) is 0.267. The standard InChI is InChI=1S/C6H15N3O/c1-5(10)6(7)3-2-4-9-8/h6,9H,2-4,7-8H2,1H3/t6-/m1/s1. The Morgan fingerprint density at radius 2 is 2.30 bits per heavy atom. The lowest BCUT2D eigenvalue weighted by molar-refractivity contribution is -0.118. The van der Waals surface area contributed by atoms with Crippen LogP contribution in [-0.4, -0.2) is 18.4 Å². The molecule has 0 aliphatic heterocycles. The van der Waals surface area contributed by atoms with E-state index in [-0.39, 0.29) is 11.8 Å². The molecular weight excluding hydrogens is 130 g/mol. The number of rotatable bonds is 5. The van der Waals surface area contributed by atoms with Crippen molar-refractivity contribution in [3.8, 4) is 0 Å². The molecule has 10 heavy (non-hydrogen) atoms. The first-order valence-corrected chi connectivity index (χ1v) is 3.38. The molecule has 4 heteroatoms. The Labute approximate surface area is 60.9 Å². The van der Waals surface area contributed by atoms with Gasteiger partial charge in [0.1, 0.15) is 5.78 Å². The highest BCUT2D eigenvalue weighted by Crippen LogP contribution is 1.93. The summed E-state index contributed by atoms with van der Waals surface area (Å²) in [6.07, 6.45) is 1.55. The molecule has 0 unspecified atom stereocenters. The Bertz CT molecular complexity index is 105. The van der Waals surface area contributed by atoms with Gasteiger partial charge >= 0.3 is 0 Å². The molecule has 0 aromatic rings. The second-order valence-electron chi connectivity index (χ2n) is 2.31. The van der Waals surface area contributed by atoms with Gasteiger partial charge in [0.15, 0.2) is 0 Å². The van der Waals surface area contributed by atoms with Gasteiger partial charge in [-0.2, -0.15) is 0 Å². The summed E-state index contributed by atoms with van der Waals surface area (Å²) in [6.45, 7) is 2.21. The minimum Gasteiger partial charge on any atom is -0.322 e. The van der Waals surface area contributed by atoms with E-state index < -0.39 is 0 Å². The van der Waals surface area contributed by atoms with Crippen LogP contribution in [0.4, 0.5) is 0 Å². The van der Waals surface area contributed by atoms with E-state index in [2.05, 4.69) is 5.43 Å². The Hall–Kier alpha value is -0.450. The molecule has 0 rings (SSSR count). The zero-order valence-corrected chi connectivity index (χ0v) is 6.26. The molecule has 0 radical (unpaired) electrons. The van der Waals surface area contributed by atoms with Gasteiger partial charge in [0.25, 0.3) is 0 Å². The molecule has 0 aliphatic carbocycles. The Balaban J connectivity index is 3.21. The molecule has 1 atom stereocenters. The summed E-state index contributed by atoms with van der Waals surface area (Å²) in [5.74, 6) is 5.05. The zero-order chi connectivity index (χ0) is 7.98. The van der Waals surface area contributed by atoms with Crippen LogP contribution in [0.3, 0.4) is 0 Å². The molecule has 0 saturated heterocycles. The molecule has 4 nitrogen and oxygen atoms in total. The van der Waals surface area contributed by atoms with E-state index in [9.17, 15) is 4.79 Å². The predicted molar refractivity (Wildman–Crippen MR) is 40.1 cm³/mol. The third kappa shape index (κ3) is 4.43. The van der Waals surface area contributed by atoms with Crippen molar-refractivity contribution in [2.75, 3.05) is 6.54 Å². The number of hydrazine groups is 1. The van der Waals surface area contributed by atoms with Gasteiger partial charge in [0.2, 0.25) is 0 Å². The molecule has 60 valence electrons. The fourth-order valence-corrected chi connectivity index (χ4v) is 0.627. The highest BCUT2D eigenvalue weighted by Gasteiger charge is 2.05. The minimum atomic E-state index is -0.312. The van der Waals surface area contributed by atoms with Gasteiger partial charge in [0.05, 0.1) is 6.04 Å². The van der Waals surface area contributed by atoms with Crippen molar-refractivity contribution in [3.63, 3.8) is 0 Å². The van der Waals surface area contributed by atoms with Crippen molar-refractivity contribution in [2.45, 2.75) is 25.8 Å². The van der Waals surface area contributed by atoms with E-state index in [0.29, 0.717) is 13.0 Å². The van der Waals surface area contributed by atoms with Gasteiger partial charge in [0, 0.05) is 6.54 Å². The molecule has 0 amide bonds. The zero-order valence-electron chi connectivity index (χ0n) is 6.26. The largest absolute Gasteiger partial charge is 0.322 e. The summed E-state index contributed by atoms with van der Waals surface area (Å²) < 4.78 is 0. The monoisotopic (exact) mass is 145 g/mol. The van der Waals surface area contributed by atoms with Crippen LogP contribution < -0.4 is 17.0 Å². The van der Waals surface area contributed by atoms with Crippen molar-refractivity contribution in [3.05, 3.63) is 0 Å². The number of hydrogen-bond acceptors (Lipinski definition) is 4. The molecule has 0 aromatic heterocycles. The summed E-state index contributed by atoms with van der Waals surface area (Å²) in [5.41, 5.74) is 7.93. The maximum atomic E-state index is 10.6. The molecule has 0 bridgehead atoms. The number of carbonyl (C=O) groups is 1. The van der Waals surface area contributed by atoms with Gasteiger partial charge in [-0.1, -0.05) is 0 Å². The number of Topliss-reactive ketones (excluding diaryl/α,β-unsaturated/α-hetero) is 1. The van der Waals surface area contributed by atoms with Crippen molar-refractivity contribution in [1.29, 1.82) is 0 Å². The van der Waals surface area contributed by atoms with Crippen LogP contribution in [0.2, 0.25) is 0 Å². The van der Waals surface area contributed by atoms with E-state index in [1.165, 1.54) is 6.92 Å². The fraction of sp³-hybridized carbons (Fsp3) is 0.833. The number of nitrogens with one attached hydrogen (secondary N) is 1. The molecule has 0 spiro atoms. The van der Waals surface area contributed by atoms with Crippen LogP contribution in [-0.2, 0) is 4.79 Å². The first-order valence-electron chi connectivity index (χ1n) is 3.38. The van der Waals surface area contributed by atoms with Crippen LogP contribution in [0.1, 0.15) is 19.8 Å². The van der Waals surface area contributed by atoms with Gasteiger partial charge in [-0.25, -0.2) is 0 Å². The second-order valence-corrected chi connectivity index (χ2v) is 2.31. The minimum absolute atomic E-state index is 0.0389. The summed E-state index contributed by atoms with van der Waals surface area (Å²) in [5, 5.41) is 0. The third-order valence-electron chi connectivity index (χ3n) is 1.36. The summed E-state index contributed by atoms with van der Waals surface area (Å²) in [7, 11) is 0.